The lowest BCUT2D eigenvalue weighted by Crippen LogP contribution is -2.43. The van der Waals surface area contributed by atoms with Crippen molar-refractivity contribution in [1.82, 2.24) is 20.2 Å². The van der Waals surface area contributed by atoms with Gasteiger partial charge in [0, 0.05) is 36.3 Å². The zero-order chi connectivity index (χ0) is 21.3. The Bertz CT molecular complexity index is 949. The van der Waals surface area contributed by atoms with Crippen LogP contribution in [0, 0.1) is 0 Å². The minimum atomic E-state index is -0.213. The fourth-order valence-electron chi connectivity index (χ4n) is 5.41. The van der Waals surface area contributed by atoms with Gasteiger partial charge in [-0.05, 0) is 63.2 Å². The predicted molar refractivity (Wildman–Crippen MR) is 120 cm³/mol. The van der Waals surface area contributed by atoms with E-state index in [2.05, 4.69) is 39.9 Å². The van der Waals surface area contributed by atoms with E-state index in [1.807, 2.05) is 13.1 Å². The van der Waals surface area contributed by atoms with Gasteiger partial charge >= 0.3 is 6.09 Å². The van der Waals surface area contributed by atoms with E-state index in [1.165, 1.54) is 16.7 Å². The number of fused-ring (bicyclic) bond motifs is 4. The molecule has 0 unspecified atom stereocenters. The largest absolute Gasteiger partial charge is 0.450 e. The normalized spacial score (nSPS) is 20.1. The number of carbonyl (C=O) groups excluding carboxylic acids is 1. The molecule has 2 aliphatic heterocycles. The monoisotopic (exact) mass is 421 g/mol. The maximum Gasteiger partial charge on any atom is 0.409 e. The molecule has 2 saturated heterocycles. The Labute approximate surface area is 183 Å². The van der Waals surface area contributed by atoms with Crippen LogP contribution in [0.2, 0.25) is 0 Å². The summed E-state index contributed by atoms with van der Waals surface area (Å²) >= 11 is 0. The third-order valence-electron chi connectivity index (χ3n) is 7.06. The number of nitrogens with zero attached hydrogens (tertiary/aromatic N) is 3. The maximum absolute atomic E-state index is 11.9. The van der Waals surface area contributed by atoms with Crippen molar-refractivity contribution in [3.05, 3.63) is 41.6 Å². The van der Waals surface area contributed by atoms with Crippen molar-refractivity contribution in [1.29, 1.82) is 0 Å². The molecule has 3 heterocycles. The number of piperidine rings is 2. The number of ether oxygens (including phenoxy) is 1. The molecule has 0 atom stereocenters. The summed E-state index contributed by atoms with van der Waals surface area (Å²) in [6.45, 7) is 5.77. The molecule has 31 heavy (non-hydrogen) atoms. The fraction of sp³-hybridized carbons (Fsp3) is 0.542. The second-order valence-corrected chi connectivity index (χ2v) is 8.92. The zero-order valence-corrected chi connectivity index (χ0v) is 18.2. The van der Waals surface area contributed by atoms with Crippen molar-refractivity contribution in [2.75, 3.05) is 38.1 Å². The number of aromatic nitrogens is 2. The molecule has 1 aromatic heterocycles. The molecular weight excluding hydrogens is 390 g/mol. The highest BCUT2D eigenvalue weighted by atomic mass is 16.6. The van der Waals surface area contributed by atoms with Crippen molar-refractivity contribution >= 4 is 12.0 Å². The van der Waals surface area contributed by atoms with Crippen LogP contribution in [0.3, 0.4) is 0 Å². The van der Waals surface area contributed by atoms with Crippen LogP contribution >= 0.6 is 0 Å². The Hall–Kier alpha value is -2.67. The second-order valence-electron chi connectivity index (χ2n) is 8.92. The Morgan fingerprint density at radius 2 is 2.03 bits per heavy atom. The molecule has 2 aromatic rings. The Kier molecular flexibility index (Phi) is 5.52. The van der Waals surface area contributed by atoms with Gasteiger partial charge in [0.2, 0.25) is 5.95 Å². The first-order chi connectivity index (χ1) is 15.2. The molecule has 7 nitrogen and oxygen atoms in total. The van der Waals surface area contributed by atoms with E-state index in [-0.39, 0.29) is 17.6 Å². The summed E-state index contributed by atoms with van der Waals surface area (Å²) in [7, 11) is 0. The van der Waals surface area contributed by atoms with Crippen molar-refractivity contribution < 1.29 is 9.53 Å². The van der Waals surface area contributed by atoms with Gasteiger partial charge in [-0.2, -0.15) is 0 Å². The SMILES string of the molecule is CCOC(=O)N1CCC(Nc2ncc3c(n2)-c2ccccc2C2(CCNCC2)C3)CC1. The molecule has 164 valence electrons. The molecule has 1 aliphatic carbocycles. The molecule has 1 aromatic carbocycles. The van der Waals surface area contributed by atoms with Gasteiger partial charge in [-0.25, -0.2) is 14.8 Å². The molecule has 7 heteroatoms. The van der Waals surface area contributed by atoms with Crippen LogP contribution in [-0.4, -0.2) is 59.8 Å². The van der Waals surface area contributed by atoms with E-state index < -0.39 is 0 Å². The quantitative estimate of drug-likeness (QED) is 0.791. The summed E-state index contributed by atoms with van der Waals surface area (Å²) in [5.74, 6) is 0.685. The Morgan fingerprint density at radius 1 is 1.26 bits per heavy atom. The molecule has 2 N–H and O–H groups in total. The van der Waals surface area contributed by atoms with Gasteiger partial charge in [0.25, 0.3) is 0 Å². The van der Waals surface area contributed by atoms with Crippen LogP contribution in [0.5, 0.6) is 0 Å². The summed E-state index contributed by atoms with van der Waals surface area (Å²) < 4.78 is 5.12. The number of likely N-dealkylation sites (tertiary alicyclic amines) is 1. The van der Waals surface area contributed by atoms with Gasteiger partial charge in [0.05, 0.1) is 12.3 Å². The van der Waals surface area contributed by atoms with Crippen molar-refractivity contribution in [2.24, 2.45) is 0 Å². The Balaban J connectivity index is 1.34. The van der Waals surface area contributed by atoms with E-state index in [0.717, 1.165) is 50.9 Å². The summed E-state index contributed by atoms with van der Waals surface area (Å²) in [5, 5.41) is 7.02. The van der Waals surface area contributed by atoms with Crippen molar-refractivity contribution in [3.63, 3.8) is 0 Å². The molecule has 0 radical (unpaired) electrons. The first kappa shape index (κ1) is 20.2. The Morgan fingerprint density at radius 3 is 2.81 bits per heavy atom. The van der Waals surface area contributed by atoms with Crippen LogP contribution in [0.25, 0.3) is 11.3 Å². The first-order valence-electron chi connectivity index (χ1n) is 11.5. The number of hydrogen-bond donors (Lipinski definition) is 2. The van der Waals surface area contributed by atoms with E-state index in [1.54, 1.807) is 4.90 Å². The molecule has 0 bridgehead atoms. The number of carbonyl (C=O) groups is 1. The minimum absolute atomic E-state index is 0.201. The van der Waals surface area contributed by atoms with Gasteiger partial charge in [-0.1, -0.05) is 24.3 Å². The average Bonchev–Trinajstić information content (AvgIpc) is 2.81. The van der Waals surface area contributed by atoms with Crippen molar-refractivity contribution in [2.45, 2.75) is 50.5 Å². The summed E-state index contributed by atoms with van der Waals surface area (Å²) in [6, 6.07) is 9.04. The lowest BCUT2D eigenvalue weighted by Gasteiger charge is -2.42. The predicted octanol–water partition coefficient (Wildman–Crippen LogP) is 3.35. The molecule has 1 amide bonds. The van der Waals surface area contributed by atoms with Gasteiger partial charge in [-0.15, -0.1) is 0 Å². The van der Waals surface area contributed by atoms with Crippen LogP contribution < -0.4 is 10.6 Å². The number of anilines is 1. The number of rotatable bonds is 3. The molecular formula is C24H31N5O2. The second kappa shape index (κ2) is 8.46. The van der Waals surface area contributed by atoms with Gasteiger partial charge in [0.15, 0.2) is 0 Å². The molecule has 5 rings (SSSR count). The first-order valence-corrected chi connectivity index (χ1v) is 11.5. The smallest absolute Gasteiger partial charge is 0.409 e. The van der Waals surface area contributed by atoms with Crippen LogP contribution in [0.4, 0.5) is 10.7 Å². The molecule has 1 spiro atoms. The lowest BCUT2D eigenvalue weighted by molar-refractivity contribution is 0.0983. The van der Waals surface area contributed by atoms with E-state index in [9.17, 15) is 4.79 Å². The molecule has 3 aliphatic rings. The van der Waals surface area contributed by atoms with E-state index in [0.29, 0.717) is 25.6 Å². The average molecular weight is 422 g/mol. The van der Waals surface area contributed by atoms with Crippen LogP contribution in [0.1, 0.15) is 43.7 Å². The minimum Gasteiger partial charge on any atom is -0.450 e. The third-order valence-corrected chi connectivity index (χ3v) is 7.06. The number of nitrogens with one attached hydrogen (secondary N) is 2. The summed E-state index contributed by atoms with van der Waals surface area (Å²) in [6.07, 6.45) is 6.87. The lowest BCUT2D eigenvalue weighted by atomic mass is 9.64. The van der Waals surface area contributed by atoms with Gasteiger partial charge in [-0.3, -0.25) is 0 Å². The highest BCUT2D eigenvalue weighted by molar-refractivity contribution is 5.72. The number of benzene rings is 1. The van der Waals surface area contributed by atoms with E-state index in [4.69, 9.17) is 9.72 Å². The zero-order valence-electron chi connectivity index (χ0n) is 18.2. The summed E-state index contributed by atoms with van der Waals surface area (Å²) in [5.41, 5.74) is 5.22. The summed E-state index contributed by atoms with van der Waals surface area (Å²) in [4.78, 5) is 23.3. The van der Waals surface area contributed by atoms with Crippen LogP contribution in [0.15, 0.2) is 30.5 Å². The van der Waals surface area contributed by atoms with Gasteiger partial charge in [0.1, 0.15) is 0 Å². The highest BCUT2D eigenvalue weighted by Gasteiger charge is 2.40. The van der Waals surface area contributed by atoms with Crippen molar-refractivity contribution in [3.8, 4) is 11.3 Å². The maximum atomic E-state index is 11.9. The van der Waals surface area contributed by atoms with Crippen LogP contribution in [-0.2, 0) is 16.6 Å². The third kappa shape index (κ3) is 3.87. The highest BCUT2D eigenvalue weighted by Crippen LogP contribution is 2.46. The molecule has 0 saturated carbocycles. The topological polar surface area (TPSA) is 79.4 Å². The standard InChI is InChI=1S/C24H31N5O2/c1-2-31-23(30)29-13-7-18(8-14-29)27-22-26-16-17-15-24(9-11-25-12-10-24)20-6-4-3-5-19(20)21(17)28-22/h3-6,16,18,25H,2,7-15H2,1H3,(H,26,27,28). The fourth-order valence-corrected chi connectivity index (χ4v) is 5.41. The number of hydrogen-bond acceptors (Lipinski definition) is 6. The number of amides is 1. The molecule has 2 fully saturated rings. The van der Waals surface area contributed by atoms with Gasteiger partial charge < -0.3 is 20.3 Å². The van der Waals surface area contributed by atoms with E-state index >= 15 is 0 Å².